The van der Waals surface area contributed by atoms with Crippen LogP contribution in [0.5, 0.6) is 5.75 Å². The van der Waals surface area contributed by atoms with Gasteiger partial charge in [0, 0.05) is 18.0 Å². The Morgan fingerprint density at radius 2 is 1.68 bits per heavy atom. The Morgan fingerprint density at radius 3 is 2.35 bits per heavy atom. The van der Waals surface area contributed by atoms with Crippen molar-refractivity contribution in [1.29, 1.82) is 0 Å². The highest BCUT2D eigenvalue weighted by atomic mass is 32.2. The number of nitrogens with one attached hydrogen (secondary N) is 1. The Bertz CT molecular complexity index is 1350. The number of benzene rings is 3. The van der Waals surface area contributed by atoms with E-state index in [0.29, 0.717) is 16.8 Å². The highest BCUT2D eigenvalue weighted by Gasteiger charge is 2.31. The Labute approximate surface area is 219 Å². The fourth-order valence-electron chi connectivity index (χ4n) is 4.04. The van der Waals surface area contributed by atoms with Gasteiger partial charge in [-0.3, -0.25) is 13.9 Å². The molecule has 3 aromatic rings. The fraction of sp³-hybridized carbons (Fsp3) is 0.357. The summed E-state index contributed by atoms with van der Waals surface area (Å²) in [6, 6.07) is 19.1. The number of rotatable bonds is 11. The van der Waals surface area contributed by atoms with E-state index in [4.69, 9.17) is 4.74 Å². The highest BCUT2D eigenvalue weighted by molar-refractivity contribution is 7.92. The van der Waals surface area contributed by atoms with Crippen molar-refractivity contribution in [3.05, 3.63) is 72.3 Å². The number of hydrogen-bond donors (Lipinski definition) is 1. The standard InChI is InChI=1S/C28H35N3O5S/c1-6-20(2)29-28(33)21(3)30(18-22-11-9-14-24(17-22)36-4)27(32)19-31(37(5,34)35)26-16-10-13-23-12-7-8-15-25(23)26/h7-17,20-21H,6,18-19H2,1-5H3,(H,29,33)/t20-,21+/m0/s1. The number of sulfonamides is 1. The first-order valence-corrected chi connectivity index (χ1v) is 14.1. The molecule has 9 heteroatoms. The topological polar surface area (TPSA) is 96.0 Å². The second-order valence-corrected chi connectivity index (χ2v) is 11.0. The van der Waals surface area contributed by atoms with Gasteiger partial charge in [0.2, 0.25) is 21.8 Å². The SMILES string of the molecule is CC[C@H](C)NC(=O)[C@@H](C)N(Cc1cccc(OC)c1)C(=O)CN(c1cccc2ccccc12)S(C)(=O)=O. The van der Waals surface area contributed by atoms with Crippen LogP contribution in [0.15, 0.2) is 66.7 Å². The summed E-state index contributed by atoms with van der Waals surface area (Å²) < 4.78 is 32.3. The summed E-state index contributed by atoms with van der Waals surface area (Å²) in [6.45, 7) is 5.17. The van der Waals surface area contributed by atoms with Crippen LogP contribution in [0.1, 0.15) is 32.8 Å². The molecule has 1 N–H and O–H groups in total. The van der Waals surface area contributed by atoms with Gasteiger partial charge in [0.15, 0.2) is 0 Å². The monoisotopic (exact) mass is 525 g/mol. The summed E-state index contributed by atoms with van der Waals surface area (Å²) in [6.07, 6.45) is 1.82. The zero-order chi connectivity index (χ0) is 27.2. The van der Waals surface area contributed by atoms with Gasteiger partial charge < -0.3 is 15.0 Å². The van der Waals surface area contributed by atoms with Crippen LogP contribution in [0.3, 0.4) is 0 Å². The zero-order valence-corrected chi connectivity index (χ0v) is 22.8. The molecular formula is C28H35N3O5S. The summed E-state index contributed by atoms with van der Waals surface area (Å²) in [7, 11) is -2.27. The summed E-state index contributed by atoms with van der Waals surface area (Å²) in [4.78, 5) is 28.2. The van der Waals surface area contributed by atoms with Gasteiger partial charge in [-0.05, 0) is 49.4 Å². The zero-order valence-electron chi connectivity index (χ0n) is 22.0. The van der Waals surface area contributed by atoms with Crippen LogP contribution in [-0.2, 0) is 26.2 Å². The van der Waals surface area contributed by atoms with Crippen molar-refractivity contribution in [3.63, 3.8) is 0 Å². The van der Waals surface area contributed by atoms with Crippen molar-refractivity contribution in [3.8, 4) is 5.75 Å². The van der Waals surface area contributed by atoms with E-state index in [1.54, 1.807) is 44.4 Å². The predicted octanol–water partition coefficient (Wildman–Crippen LogP) is 3.95. The van der Waals surface area contributed by atoms with Gasteiger partial charge in [-0.2, -0.15) is 0 Å². The first-order chi connectivity index (χ1) is 17.5. The number of carbonyl (C=O) groups is 2. The molecule has 0 aromatic heterocycles. The molecule has 3 aromatic carbocycles. The lowest BCUT2D eigenvalue weighted by molar-refractivity contribution is -0.139. The number of ether oxygens (including phenoxy) is 1. The summed E-state index contributed by atoms with van der Waals surface area (Å²) in [5.74, 6) is -0.176. The molecule has 0 heterocycles. The number of fused-ring (bicyclic) bond motifs is 1. The minimum Gasteiger partial charge on any atom is -0.497 e. The van der Waals surface area contributed by atoms with Crippen molar-refractivity contribution >= 4 is 38.3 Å². The van der Waals surface area contributed by atoms with Gasteiger partial charge in [-0.15, -0.1) is 0 Å². The lowest BCUT2D eigenvalue weighted by Crippen LogP contribution is -2.52. The average molecular weight is 526 g/mol. The van der Waals surface area contributed by atoms with Crippen molar-refractivity contribution in [2.45, 2.75) is 45.8 Å². The van der Waals surface area contributed by atoms with Gasteiger partial charge in [0.05, 0.1) is 19.1 Å². The van der Waals surface area contributed by atoms with E-state index in [9.17, 15) is 18.0 Å². The fourth-order valence-corrected chi connectivity index (χ4v) is 4.90. The number of nitrogens with zero attached hydrogens (tertiary/aromatic N) is 2. The highest BCUT2D eigenvalue weighted by Crippen LogP contribution is 2.29. The first-order valence-electron chi connectivity index (χ1n) is 12.2. The molecule has 198 valence electrons. The van der Waals surface area contributed by atoms with Crippen molar-refractivity contribution < 1.29 is 22.7 Å². The molecule has 0 spiro atoms. The smallest absolute Gasteiger partial charge is 0.244 e. The predicted molar refractivity (Wildman–Crippen MR) is 147 cm³/mol. The third-order valence-corrected chi connectivity index (χ3v) is 7.50. The van der Waals surface area contributed by atoms with E-state index in [1.165, 1.54) is 4.90 Å². The second kappa shape index (κ2) is 12.1. The Hall–Kier alpha value is -3.59. The van der Waals surface area contributed by atoms with Crippen molar-refractivity contribution in [2.24, 2.45) is 0 Å². The number of carbonyl (C=O) groups excluding carboxylic acids is 2. The van der Waals surface area contributed by atoms with Crippen molar-refractivity contribution in [2.75, 3.05) is 24.2 Å². The number of anilines is 1. The van der Waals surface area contributed by atoms with Crippen LogP contribution < -0.4 is 14.4 Å². The van der Waals surface area contributed by atoms with Crippen LogP contribution in [0, 0.1) is 0 Å². The molecular weight excluding hydrogens is 490 g/mol. The van der Waals surface area contributed by atoms with Crippen LogP contribution in [0.25, 0.3) is 10.8 Å². The van der Waals surface area contributed by atoms with Gasteiger partial charge in [-0.25, -0.2) is 8.42 Å². The van der Waals surface area contributed by atoms with Crippen LogP contribution in [-0.4, -0.2) is 57.1 Å². The van der Waals surface area contributed by atoms with E-state index >= 15 is 0 Å². The van der Waals surface area contributed by atoms with E-state index in [1.807, 2.05) is 50.2 Å². The van der Waals surface area contributed by atoms with Gasteiger partial charge in [0.1, 0.15) is 18.3 Å². The summed E-state index contributed by atoms with van der Waals surface area (Å²) >= 11 is 0. The van der Waals surface area contributed by atoms with E-state index < -0.39 is 28.5 Å². The maximum Gasteiger partial charge on any atom is 0.244 e. The molecule has 0 radical (unpaired) electrons. The van der Waals surface area contributed by atoms with Crippen LogP contribution >= 0.6 is 0 Å². The molecule has 3 rings (SSSR count). The number of hydrogen-bond acceptors (Lipinski definition) is 5. The van der Waals surface area contributed by atoms with Crippen LogP contribution in [0.2, 0.25) is 0 Å². The molecule has 2 atom stereocenters. The minimum absolute atomic E-state index is 0.0630. The molecule has 2 amide bonds. The molecule has 0 saturated carbocycles. The molecule has 8 nitrogen and oxygen atoms in total. The van der Waals surface area contributed by atoms with E-state index in [-0.39, 0.29) is 18.5 Å². The first kappa shape index (κ1) is 28.0. The summed E-state index contributed by atoms with van der Waals surface area (Å²) in [5, 5.41) is 4.49. The van der Waals surface area contributed by atoms with Crippen LogP contribution in [0.4, 0.5) is 5.69 Å². The number of amides is 2. The summed E-state index contributed by atoms with van der Waals surface area (Å²) in [5.41, 5.74) is 1.17. The quantitative estimate of drug-likeness (QED) is 0.409. The molecule has 0 bridgehead atoms. The molecule has 0 unspecified atom stereocenters. The van der Waals surface area contributed by atoms with E-state index in [2.05, 4.69) is 5.32 Å². The molecule has 37 heavy (non-hydrogen) atoms. The van der Waals surface area contributed by atoms with E-state index in [0.717, 1.165) is 27.9 Å². The normalized spacial score (nSPS) is 13.0. The largest absolute Gasteiger partial charge is 0.497 e. The second-order valence-electron chi connectivity index (χ2n) is 9.13. The third kappa shape index (κ3) is 7.01. The molecule has 0 saturated heterocycles. The van der Waals surface area contributed by atoms with Gasteiger partial charge in [-0.1, -0.05) is 55.5 Å². The average Bonchev–Trinajstić information content (AvgIpc) is 2.88. The molecule has 0 aliphatic heterocycles. The van der Waals surface area contributed by atoms with Crippen molar-refractivity contribution in [1.82, 2.24) is 10.2 Å². The molecule has 0 aliphatic carbocycles. The Morgan fingerprint density at radius 1 is 1.00 bits per heavy atom. The molecule has 0 aliphatic rings. The maximum absolute atomic E-state index is 13.8. The van der Waals surface area contributed by atoms with Gasteiger partial charge in [0.25, 0.3) is 0 Å². The lowest BCUT2D eigenvalue weighted by atomic mass is 10.1. The maximum atomic E-state index is 13.8. The van der Waals surface area contributed by atoms with Gasteiger partial charge >= 0.3 is 0 Å². The number of methoxy groups -OCH3 is 1. The lowest BCUT2D eigenvalue weighted by Gasteiger charge is -2.32. The Kier molecular flexibility index (Phi) is 9.15. The molecule has 0 fully saturated rings. The Balaban J connectivity index is 1.99. The minimum atomic E-state index is -3.83. The third-order valence-electron chi connectivity index (χ3n) is 6.37.